The normalized spacial score (nSPS) is 36.4. The van der Waals surface area contributed by atoms with E-state index in [4.69, 9.17) is 10.00 Å². The van der Waals surface area contributed by atoms with Crippen LogP contribution >= 0.6 is 0 Å². The summed E-state index contributed by atoms with van der Waals surface area (Å²) in [7, 11) is 4.19. The van der Waals surface area contributed by atoms with Crippen LogP contribution in [0.2, 0.25) is 0 Å². The summed E-state index contributed by atoms with van der Waals surface area (Å²) in [6.07, 6.45) is 4.34. The van der Waals surface area contributed by atoms with Crippen molar-refractivity contribution in [1.29, 1.82) is 5.26 Å². The molecule has 3 heteroatoms. The van der Waals surface area contributed by atoms with Gasteiger partial charge in [0.1, 0.15) is 12.6 Å². The lowest BCUT2D eigenvalue weighted by Crippen LogP contribution is -2.44. The highest BCUT2D eigenvalue weighted by Crippen LogP contribution is 2.66. The van der Waals surface area contributed by atoms with E-state index >= 15 is 0 Å². The van der Waals surface area contributed by atoms with Crippen molar-refractivity contribution in [2.24, 2.45) is 16.7 Å². The van der Waals surface area contributed by atoms with E-state index < -0.39 is 0 Å². The SMILES string of the molecule is CC1(C)[C@@H]2CC[C@]1(C)[C@@H](OCC[N+](C)(C)CC#N)C2. The van der Waals surface area contributed by atoms with E-state index in [-0.39, 0.29) is 0 Å². The van der Waals surface area contributed by atoms with Gasteiger partial charge in [0.15, 0.2) is 6.54 Å². The highest BCUT2D eigenvalue weighted by atomic mass is 16.5. The molecule has 2 aliphatic rings. The van der Waals surface area contributed by atoms with E-state index in [0.29, 0.717) is 23.5 Å². The molecule has 108 valence electrons. The lowest BCUT2D eigenvalue weighted by atomic mass is 9.70. The van der Waals surface area contributed by atoms with Crippen LogP contribution in [0.5, 0.6) is 0 Å². The zero-order chi connectivity index (χ0) is 14.3. The van der Waals surface area contributed by atoms with Gasteiger partial charge in [-0.1, -0.05) is 20.8 Å². The first-order valence-corrected chi connectivity index (χ1v) is 7.53. The van der Waals surface area contributed by atoms with Crippen LogP contribution in [0.1, 0.15) is 40.0 Å². The average molecular weight is 265 g/mol. The Labute approximate surface area is 118 Å². The molecule has 19 heavy (non-hydrogen) atoms. The molecule has 0 amide bonds. The molecule has 0 saturated heterocycles. The predicted molar refractivity (Wildman–Crippen MR) is 76.4 cm³/mol. The van der Waals surface area contributed by atoms with Crippen molar-refractivity contribution in [1.82, 2.24) is 0 Å². The van der Waals surface area contributed by atoms with Gasteiger partial charge in [-0.25, -0.2) is 0 Å². The molecule has 0 heterocycles. The van der Waals surface area contributed by atoms with Gasteiger partial charge in [-0.2, -0.15) is 5.26 Å². The monoisotopic (exact) mass is 265 g/mol. The smallest absolute Gasteiger partial charge is 0.166 e. The summed E-state index contributed by atoms with van der Waals surface area (Å²) in [5, 5.41) is 8.80. The Bertz CT molecular complexity index is 383. The van der Waals surface area contributed by atoms with Gasteiger partial charge in [0.25, 0.3) is 0 Å². The number of likely N-dealkylation sites (N-methyl/N-ethyl adjacent to an activating group) is 1. The number of hydrogen-bond acceptors (Lipinski definition) is 2. The molecule has 2 rings (SSSR count). The highest BCUT2D eigenvalue weighted by molar-refractivity contribution is 5.11. The Morgan fingerprint density at radius 3 is 2.47 bits per heavy atom. The molecule has 0 aliphatic heterocycles. The van der Waals surface area contributed by atoms with Gasteiger partial charge in [-0.05, 0) is 36.0 Å². The standard InChI is InChI=1S/C16H29N2O/c1-15(2)13-6-7-16(15,3)14(12-13)19-11-10-18(4,5)9-8-17/h13-14H,6-7,9-12H2,1-5H3/q+1/t13-,14+,16-/m1/s1. The van der Waals surface area contributed by atoms with E-state index in [0.717, 1.165) is 23.6 Å². The van der Waals surface area contributed by atoms with Gasteiger partial charge in [0.2, 0.25) is 0 Å². The Morgan fingerprint density at radius 1 is 1.32 bits per heavy atom. The van der Waals surface area contributed by atoms with Crippen LogP contribution in [0.3, 0.4) is 0 Å². The second-order valence-corrected chi connectivity index (χ2v) is 7.95. The molecular formula is C16H29N2O+. The first-order chi connectivity index (χ1) is 8.73. The van der Waals surface area contributed by atoms with Crippen LogP contribution in [0.4, 0.5) is 0 Å². The fourth-order valence-corrected chi connectivity index (χ4v) is 4.09. The summed E-state index contributed by atoms with van der Waals surface area (Å²) < 4.78 is 6.96. The third-order valence-corrected chi connectivity index (χ3v) is 6.23. The van der Waals surface area contributed by atoms with Crippen molar-refractivity contribution in [3.63, 3.8) is 0 Å². The molecule has 0 unspecified atom stereocenters. The molecule has 0 aromatic rings. The van der Waals surface area contributed by atoms with E-state index in [1.165, 1.54) is 19.3 Å². The molecule has 3 nitrogen and oxygen atoms in total. The van der Waals surface area contributed by atoms with Crippen LogP contribution in [0, 0.1) is 28.1 Å². The zero-order valence-electron chi connectivity index (χ0n) is 13.2. The number of hydrogen-bond donors (Lipinski definition) is 0. The summed E-state index contributed by atoms with van der Waals surface area (Å²) in [4.78, 5) is 0. The number of fused-ring (bicyclic) bond motifs is 2. The molecule has 0 aromatic carbocycles. The number of rotatable bonds is 5. The fraction of sp³-hybridized carbons (Fsp3) is 0.938. The first kappa shape index (κ1) is 14.8. The second-order valence-electron chi connectivity index (χ2n) is 7.95. The summed E-state index contributed by atoms with van der Waals surface area (Å²) in [6, 6.07) is 2.25. The zero-order valence-corrected chi connectivity index (χ0v) is 13.2. The minimum absolute atomic E-state index is 0.351. The topological polar surface area (TPSA) is 33.0 Å². The van der Waals surface area contributed by atoms with Gasteiger partial charge in [-0.3, -0.25) is 0 Å². The molecule has 2 saturated carbocycles. The van der Waals surface area contributed by atoms with Crippen LogP contribution in [0.15, 0.2) is 0 Å². The van der Waals surface area contributed by atoms with Crippen molar-refractivity contribution >= 4 is 0 Å². The van der Waals surface area contributed by atoms with Crippen molar-refractivity contribution in [2.75, 3.05) is 33.8 Å². The van der Waals surface area contributed by atoms with Gasteiger partial charge >= 0.3 is 0 Å². The molecule has 0 radical (unpaired) electrons. The molecule has 2 bridgehead atoms. The van der Waals surface area contributed by atoms with Crippen LogP contribution in [0.25, 0.3) is 0 Å². The lowest BCUT2D eigenvalue weighted by molar-refractivity contribution is -0.883. The number of ether oxygens (including phenoxy) is 1. The van der Waals surface area contributed by atoms with E-state index in [2.05, 4.69) is 40.9 Å². The Hall–Kier alpha value is -0.590. The van der Waals surface area contributed by atoms with Crippen molar-refractivity contribution < 1.29 is 9.22 Å². The maximum atomic E-state index is 8.80. The third-order valence-electron chi connectivity index (χ3n) is 6.23. The fourth-order valence-electron chi connectivity index (χ4n) is 4.09. The van der Waals surface area contributed by atoms with Gasteiger partial charge < -0.3 is 9.22 Å². The maximum absolute atomic E-state index is 8.80. The Balaban J connectivity index is 1.88. The Kier molecular flexibility index (Phi) is 3.70. The summed E-state index contributed by atoms with van der Waals surface area (Å²) in [6.45, 7) is 9.51. The average Bonchev–Trinajstić information content (AvgIpc) is 2.61. The van der Waals surface area contributed by atoms with E-state index in [1.54, 1.807) is 0 Å². The summed E-state index contributed by atoms with van der Waals surface area (Å²) >= 11 is 0. The quantitative estimate of drug-likeness (QED) is 0.565. The molecular weight excluding hydrogens is 236 g/mol. The van der Waals surface area contributed by atoms with Crippen molar-refractivity contribution in [2.45, 2.75) is 46.1 Å². The first-order valence-electron chi connectivity index (χ1n) is 7.53. The van der Waals surface area contributed by atoms with E-state index in [9.17, 15) is 0 Å². The molecule has 3 atom stereocenters. The van der Waals surface area contributed by atoms with Gasteiger partial charge in [-0.15, -0.1) is 0 Å². The predicted octanol–water partition coefficient (Wildman–Crippen LogP) is 2.82. The highest BCUT2D eigenvalue weighted by Gasteiger charge is 2.61. The summed E-state index contributed by atoms with van der Waals surface area (Å²) in [5.74, 6) is 0.837. The lowest BCUT2D eigenvalue weighted by Gasteiger charge is -2.39. The van der Waals surface area contributed by atoms with Gasteiger partial charge in [0, 0.05) is 0 Å². The van der Waals surface area contributed by atoms with Crippen molar-refractivity contribution in [3.05, 3.63) is 0 Å². The maximum Gasteiger partial charge on any atom is 0.166 e. The second kappa shape index (κ2) is 4.75. The number of quaternary nitrogens is 1. The number of nitriles is 1. The van der Waals surface area contributed by atoms with Gasteiger partial charge in [0.05, 0.1) is 26.8 Å². The third kappa shape index (κ3) is 2.41. The molecule has 2 aliphatic carbocycles. The molecule has 0 N–H and O–H groups in total. The summed E-state index contributed by atoms with van der Waals surface area (Å²) in [5.41, 5.74) is 0.777. The van der Waals surface area contributed by atoms with Crippen LogP contribution < -0.4 is 0 Å². The van der Waals surface area contributed by atoms with Crippen LogP contribution in [-0.4, -0.2) is 44.4 Å². The molecule has 0 spiro atoms. The van der Waals surface area contributed by atoms with Crippen LogP contribution in [-0.2, 0) is 4.74 Å². The molecule has 2 fully saturated rings. The molecule has 0 aromatic heterocycles. The number of nitrogens with zero attached hydrogens (tertiary/aromatic N) is 2. The Morgan fingerprint density at radius 2 is 2.00 bits per heavy atom. The van der Waals surface area contributed by atoms with Crippen molar-refractivity contribution in [3.8, 4) is 6.07 Å². The minimum atomic E-state index is 0.351. The largest absolute Gasteiger partial charge is 0.372 e. The van der Waals surface area contributed by atoms with E-state index in [1.807, 2.05) is 0 Å². The minimum Gasteiger partial charge on any atom is -0.372 e.